The van der Waals surface area contributed by atoms with Crippen molar-refractivity contribution in [3.8, 4) is 0 Å². The van der Waals surface area contributed by atoms with E-state index < -0.39 is 0 Å². The van der Waals surface area contributed by atoms with Gasteiger partial charge in [0.25, 0.3) is 0 Å². The highest BCUT2D eigenvalue weighted by Crippen LogP contribution is 2.02. The fourth-order valence-electron chi connectivity index (χ4n) is 1.76. The van der Waals surface area contributed by atoms with Gasteiger partial charge in [-0.15, -0.1) is 0 Å². The molecular weight excluding hydrogens is 268 g/mol. The summed E-state index contributed by atoms with van der Waals surface area (Å²) in [5.41, 5.74) is 2.28. The molecule has 1 aromatic carbocycles. The lowest BCUT2D eigenvalue weighted by Crippen LogP contribution is -2.34. The predicted molar refractivity (Wildman–Crippen MR) is 81.8 cm³/mol. The number of amides is 1. The Bertz CT molecular complexity index is 443. The molecule has 0 radical (unpaired) electrons. The van der Waals surface area contributed by atoms with E-state index in [1.54, 1.807) is 6.92 Å². The largest absolute Gasteiger partial charge is 0.466 e. The molecule has 1 aromatic rings. The molecule has 5 heteroatoms. The zero-order valence-electron chi connectivity index (χ0n) is 12.8. The van der Waals surface area contributed by atoms with E-state index in [1.807, 2.05) is 31.2 Å². The Balaban J connectivity index is 2.06. The summed E-state index contributed by atoms with van der Waals surface area (Å²) in [5, 5.41) is 5.85. The van der Waals surface area contributed by atoms with Gasteiger partial charge in [0.2, 0.25) is 5.91 Å². The lowest BCUT2D eigenvalue weighted by atomic mass is 10.1. The molecule has 116 valence electrons. The minimum Gasteiger partial charge on any atom is -0.466 e. The number of hydrogen-bond acceptors (Lipinski definition) is 4. The highest BCUT2D eigenvalue weighted by Gasteiger charge is 2.03. The van der Waals surface area contributed by atoms with Crippen LogP contribution in [0.3, 0.4) is 0 Å². The van der Waals surface area contributed by atoms with Crippen molar-refractivity contribution in [3.05, 3.63) is 35.4 Å². The van der Waals surface area contributed by atoms with Crippen LogP contribution in [0.2, 0.25) is 0 Å². The minimum atomic E-state index is -0.192. The van der Waals surface area contributed by atoms with Crippen molar-refractivity contribution in [1.82, 2.24) is 10.6 Å². The summed E-state index contributed by atoms with van der Waals surface area (Å²) in [7, 11) is 0. The Hall–Kier alpha value is -1.88. The quantitative estimate of drug-likeness (QED) is 0.535. The standard InChI is InChI=1S/C16H24N2O3/c1-3-21-16(20)5-4-10-17-12-15(19)18-11-14-8-6-13(2)7-9-14/h6-9,17H,3-5,10-12H2,1-2H3,(H,18,19). The van der Waals surface area contributed by atoms with E-state index in [4.69, 9.17) is 4.74 Å². The van der Waals surface area contributed by atoms with Crippen LogP contribution in [0.5, 0.6) is 0 Å². The number of nitrogens with one attached hydrogen (secondary N) is 2. The van der Waals surface area contributed by atoms with Gasteiger partial charge < -0.3 is 15.4 Å². The Kier molecular flexibility index (Phi) is 8.12. The molecule has 0 aliphatic rings. The molecule has 1 rings (SSSR count). The van der Waals surface area contributed by atoms with Gasteiger partial charge in [0.15, 0.2) is 0 Å². The summed E-state index contributed by atoms with van der Waals surface area (Å²) in [6.45, 7) is 5.64. The molecule has 0 aromatic heterocycles. The molecule has 0 saturated carbocycles. The summed E-state index contributed by atoms with van der Waals surface area (Å²) >= 11 is 0. The highest BCUT2D eigenvalue weighted by molar-refractivity contribution is 5.78. The number of esters is 1. The molecule has 0 aliphatic carbocycles. The van der Waals surface area contributed by atoms with Crippen LogP contribution < -0.4 is 10.6 Å². The van der Waals surface area contributed by atoms with E-state index in [0.717, 1.165) is 5.56 Å². The first-order valence-corrected chi connectivity index (χ1v) is 7.30. The van der Waals surface area contributed by atoms with Gasteiger partial charge in [-0.2, -0.15) is 0 Å². The van der Waals surface area contributed by atoms with E-state index in [2.05, 4.69) is 10.6 Å². The first-order valence-electron chi connectivity index (χ1n) is 7.30. The number of carbonyl (C=O) groups excluding carboxylic acids is 2. The molecule has 1 amide bonds. The van der Waals surface area contributed by atoms with Gasteiger partial charge in [0.1, 0.15) is 0 Å². The van der Waals surface area contributed by atoms with E-state index >= 15 is 0 Å². The van der Waals surface area contributed by atoms with Crippen molar-refractivity contribution in [1.29, 1.82) is 0 Å². The maximum atomic E-state index is 11.6. The van der Waals surface area contributed by atoms with Crippen LogP contribution in [0.1, 0.15) is 30.9 Å². The van der Waals surface area contributed by atoms with Crippen LogP contribution in [0.25, 0.3) is 0 Å². The molecule has 21 heavy (non-hydrogen) atoms. The topological polar surface area (TPSA) is 67.4 Å². The lowest BCUT2D eigenvalue weighted by Gasteiger charge is -2.07. The summed E-state index contributed by atoms with van der Waals surface area (Å²) in [6, 6.07) is 8.05. The van der Waals surface area contributed by atoms with Gasteiger partial charge in [0.05, 0.1) is 13.2 Å². The molecule has 5 nitrogen and oxygen atoms in total. The summed E-state index contributed by atoms with van der Waals surface area (Å²) in [6.07, 6.45) is 1.05. The van der Waals surface area contributed by atoms with Crippen molar-refractivity contribution < 1.29 is 14.3 Å². The van der Waals surface area contributed by atoms with Crippen molar-refractivity contribution in [3.63, 3.8) is 0 Å². The van der Waals surface area contributed by atoms with Crippen LogP contribution in [0.4, 0.5) is 0 Å². The maximum absolute atomic E-state index is 11.6. The molecule has 0 fully saturated rings. The number of aryl methyl sites for hydroxylation is 1. The van der Waals surface area contributed by atoms with Crippen LogP contribution in [-0.4, -0.2) is 31.6 Å². The number of rotatable bonds is 9. The van der Waals surface area contributed by atoms with Crippen LogP contribution >= 0.6 is 0 Å². The second kappa shape index (κ2) is 9.94. The third kappa shape index (κ3) is 8.09. The second-order valence-electron chi connectivity index (χ2n) is 4.85. The Morgan fingerprint density at radius 1 is 1.19 bits per heavy atom. The molecule has 2 N–H and O–H groups in total. The van der Waals surface area contributed by atoms with Gasteiger partial charge in [-0.25, -0.2) is 0 Å². The van der Waals surface area contributed by atoms with Crippen LogP contribution in [-0.2, 0) is 20.9 Å². The number of hydrogen-bond donors (Lipinski definition) is 2. The van der Waals surface area contributed by atoms with Crippen molar-refractivity contribution in [2.45, 2.75) is 33.2 Å². The molecular formula is C16H24N2O3. The first-order chi connectivity index (χ1) is 10.1. The molecule has 0 heterocycles. The highest BCUT2D eigenvalue weighted by atomic mass is 16.5. The third-order valence-electron chi connectivity index (χ3n) is 2.94. The number of carbonyl (C=O) groups is 2. The maximum Gasteiger partial charge on any atom is 0.305 e. The average Bonchev–Trinajstić information content (AvgIpc) is 2.46. The molecule has 0 aliphatic heterocycles. The van der Waals surface area contributed by atoms with Crippen molar-refractivity contribution in [2.75, 3.05) is 19.7 Å². The van der Waals surface area contributed by atoms with Gasteiger partial charge in [-0.05, 0) is 32.4 Å². The molecule has 0 saturated heterocycles. The second-order valence-corrected chi connectivity index (χ2v) is 4.85. The molecule has 0 spiro atoms. The summed E-state index contributed by atoms with van der Waals surface area (Å²) in [4.78, 5) is 22.7. The van der Waals surface area contributed by atoms with Gasteiger partial charge in [-0.3, -0.25) is 9.59 Å². The van der Waals surface area contributed by atoms with Crippen LogP contribution in [0, 0.1) is 6.92 Å². The van der Waals surface area contributed by atoms with Crippen molar-refractivity contribution >= 4 is 11.9 Å². The first kappa shape index (κ1) is 17.2. The lowest BCUT2D eigenvalue weighted by molar-refractivity contribution is -0.143. The smallest absolute Gasteiger partial charge is 0.305 e. The van der Waals surface area contributed by atoms with Crippen LogP contribution in [0.15, 0.2) is 24.3 Å². The Morgan fingerprint density at radius 3 is 2.57 bits per heavy atom. The Labute approximate surface area is 126 Å². The normalized spacial score (nSPS) is 10.2. The third-order valence-corrected chi connectivity index (χ3v) is 2.94. The monoisotopic (exact) mass is 292 g/mol. The number of benzene rings is 1. The zero-order chi connectivity index (χ0) is 15.5. The van der Waals surface area contributed by atoms with Gasteiger partial charge in [-0.1, -0.05) is 29.8 Å². The van der Waals surface area contributed by atoms with E-state index in [0.29, 0.717) is 32.5 Å². The average molecular weight is 292 g/mol. The minimum absolute atomic E-state index is 0.0493. The van der Waals surface area contributed by atoms with Gasteiger partial charge >= 0.3 is 5.97 Å². The predicted octanol–water partition coefficient (Wildman–Crippen LogP) is 1.54. The van der Waals surface area contributed by atoms with E-state index in [9.17, 15) is 9.59 Å². The SMILES string of the molecule is CCOC(=O)CCCNCC(=O)NCc1ccc(C)cc1. The van der Waals surface area contributed by atoms with E-state index in [-0.39, 0.29) is 18.4 Å². The summed E-state index contributed by atoms with van der Waals surface area (Å²) < 4.78 is 4.82. The summed E-state index contributed by atoms with van der Waals surface area (Å²) in [5.74, 6) is -0.241. The number of ether oxygens (including phenoxy) is 1. The van der Waals surface area contributed by atoms with Crippen molar-refractivity contribution in [2.24, 2.45) is 0 Å². The molecule has 0 bridgehead atoms. The fraction of sp³-hybridized carbons (Fsp3) is 0.500. The molecule has 0 atom stereocenters. The van der Waals surface area contributed by atoms with Gasteiger partial charge in [0, 0.05) is 13.0 Å². The fourth-order valence-corrected chi connectivity index (χ4v) is 1.76. The van der Waals surface area contributed by atoms with E-state index in [1.165, 1.54) is 5.56 Å². The molecule has 0 unspecified atom stereocenters. The zero-order valence-corrected chi connectivity index (χ0v) is 12.8. The Morgan fingerprint density at radius 2 is 1.90 bits per heavy atom.